The van der Waals surface area contributed by atoms with Crippen molar-refractivity contribution in [2.75, 3.05) is 28.9 Å². The van der Waals surface area contributed by atoms with Gasteiger partial charge in [0, 0.05) is 10.6 Å². The maximum Gasteiger partial charge on any atom is 0.264 e. The SMILES string of the molecule is CCOc1ccc(NC(=O)CSc2nnc(N/N=C(\C)c3cccs3)n2N)cc1. The predicted molar refractivity (Wildman–Crippen MR) is 117 cm³/mol. The summed E-state index contributed by atoms with van der Waals surface area (Å²) in [7, 11) is 0. The minimum atomic E-state index is -0.178. The number of hydrogen-bond donors (Lipinski definition) is 3. The van der Waals surface area contributed by atoms with Crippen LogP contribution >= 0.6 is 23.1 Å². The van der Waals surface area contributed by atoms with E-state index in [1.165, 1.54) is 16.4 Å². The fourth-order valence-electron chi connectivity index (χ4n) is 2.25. The summed E-state index contributed by atoms with van der Waals surface area (Å²) in [4.78, 5) is 13.2. The zero-order valence-corrected chi connectivity index (χ0v) is 17.6. The van der Waals surface area contributed by atoms with E-state index in [-0.39, 0.29) is 17.6 Å². The molecule has 11 heteroatoms. The Kier molecular flexibility index (Phi) is 7.09. The van der Waals surface area contributed by atoms with Gasteiger partial charge in [0.15, 0.2) is 0 Å². The van der Waals surface area contributed by atoms with Crippen molar-refractivity contribution in [3.63, 3.8) is 0 Å². The van der Waals surface area contributed by atoms with E-state index in [1.807, 2.05) is 31.4 Å². The minimum Gasteiger partial charge on any atom is -0.494 e. The Bertz CT molecular complexity index is 969. The number of carbonyl (C=O) groups excluding carboxylic acids is 1. The maximum absolute atomic E-state index is 12.2. The molecule has 2 heterocycles. The highest BCUT2D eigenvalue weighted by Crippen LogP contribution is 2.19. The van der Waals surface area contributed by atoms with Crippen LogP contribution in [0.1, 0.15) is 18.7 Å². The first-order chi connectivity index (χ1) is 14.1. The molecule has 3 aromatic rings. The van der Waals surface area contributed by atoms with Crippen LogP contribution in [0.25, 0.3) is 0 Å². The molecule has 0 radical (unpaired) electrons. The Hall–Kier alpha value is -3.05. The molecule has 0 aliphatic heterocycles. The summed E-state index contributed by atoms with van der Waals surface area (Å²) < 4.78 is 6.64. The van der Waals surface area contributed by atoms with Gasteiger partial charge in [-0.2, -0.15) is 5.10 Å². The van der Waals surface area contributed by atoms with Crippen LogP contribution in [-0.4, -0.2) is 38.9 Å². The Morgan fingerprint density at radius 1 is 1.31 bits per heavy atom. The van der Waals surface area contributed by atoms with Gasteiger partial charge < -0.3 is 15.9 Å². The third-order valence-electron chi connectivity index (χ3n) is 3.65. The number of nitrogen functional groups attached to an aromatic ring is 1. The summed E-state index contributed by atoms with van der Waals surface area (Å²) in [6.07, 6.45) is 0. The smallest absolute Gasteiger partial charge is 0.264 e. The third-order valence-corrected chi connectivity index (χ3v) is 5.57. The Balaban J connectivity index is 1.51. The van der Waals surface area contributed by atoms with Crippen molar-refractivity contribution < 1.29 is 9.53 Å². The van der Waals surface area contributed by atoms with Crippen LogP contribution in [0.5, 0.6) is 5.75 Å². The van der Waals surface area contributed by atoms with E-state index in [0.717, 1.165) is 16.3 Å². The predicted octanol–water partition coefficient (Wildman–Crippen LogP) is 3.02. The number of carbonyl (C=O) groups is 1. The van der Waals surface area contributed by atoms with E-state index in [4.69, 9.17) is 10.6 Å². The molecule has 0 unspecified atom stereocenters. The molecule has 0 aliphatic carbocycles. The van der Waals surface area contributed by atoms with E-state index in [1.54, 1.807) is 35.6 Å². The van der Waals surface area contributed by atoms with Gasteiger partial charge in [-0.15, -0.1) is 21.5 Å². The molecule has 1 aromatic carbocycles. The number of aromatic nitrogens is 3. The monoisotopic (exact) mass is 431 g/mol. The fourth-order valence-corrected chi connectivity index (χ4v) is 3.59. The Morgan fingerprint density at radius 2 is 2.10 bits per heavy atom. The molecule has 2 aromatic heterocycles. The van der Waals surface area contributed by atoms with Crippen molar-refractivity contribution in [3.8, 4) is 5.75 Å². The Morgan fingerprint density at radius 3 is 2.79 bits per heavy atom. The zero-order valence-electron chi connectivity index (χ0n) is 16.0. The zero-order chi connectivity index (χ0) is 20.6. The van der Waals surface area contributed by atoms with Gasteiger partial charge in [-0.3, -0.25) is 4.79 Å². The highest BCUT2D eigenvalue weighted by atomic mass is 32.2. The van der Waals surface area contributed by atoms with Crippen LogP contribution in [0.3, 0.4) is 0 Å². The molecule has 9 nitrogen and oxygen atoms in total. The van der Waals surface area contributed by atoms with Crippen molar-refractivity contribution in [2.24, 2.45) is 5.10 Å². The number of nitrogens with zero attached hydrogens (tertiary/aromatic N) is 4. The van der Waals surface area contributed by atoms with Crippen LogP contribution in [0.2, 0.25) is 0 Å². The summed E-state index contributed by atoms with van der Waals surface area (Å²) in [5, 5.41) is 17.4. The average Bonchev–Trinajstić information content (AvgIpc) is 3.37. The lowest BCUT2D eigenvalue weighted by Gasteiger charge is -2.07. The van der Waals surface area contributed by atoms with Crippen LogP contribution in [0.15, 0.2) is 52.0 Å². The first-order valence-corrected chi connectivity index (χ1v) is 10.6. The average molecular weight is 432 g/mol. The maximum atomic E-state index is 12.2. The van der Waals surface area contributed by atoms with Gasteiger partial charge in [0.25, 0.3) is 5.95 Å². The lowest BCUT2D eigenvalue weighted by Crippen LogP contribution is -2.17. The second-order valence-electron chi connectivity index (χ2n) is 5.76. The molecule has 1 amide bonds. The first kappa shape index (κ1) is 20.7. The van der Waals surface area contributed by atoms with Gasteiger partial charge in [0.2, 0.25) is 11.1 Å². The normalized spacial score (nSPS) is 11.3. The second-order valence-corrected chi connectivity index (χ2v) is 7.65. The molecule has 29 heavy (non-hydrogen) atoms. The number of ether oxygens (including phenoxy) is 1. The molecule has 3 rings (SSSR count). The molecule has 0 aliphatic rings. The molecule has 0 spiro atoms. The molecule has 0 bridgehead atoms. The number of thiophene rings is 1. The summed E-state index contributed by atoms with van der Waals surface area (Å²) in [5.41, 5.74) is 4.30. The summed E-state index contributed by atoms with van der Waals surface area (Å²) in [6, 6.07) is 11.1. The number of thioether (sulfide) groups is 1. The number of anilines is 2. The molecule has 152 valence electrons. The molecule has 0 fully saturated rings. The number of amides is 1. The summed E-state index contributed by atoms with van der Waals surface area (Å²) in [6.45, 7) is 4.40. The van der Waals surface area contributed by atoms with Crippen LogP contribution in [-0.2, 0) is 4.79 Å². The fraction of sp³-hybridized carbons (Fsp3) is 0.222. The topological polar surface area (TPSA) is 119 Å². The van der Waals surface area contributed by atoms with Crippen molar-refractivity contribution in [1.29, 1.82) is 0 Å². The number of benzene rings is 1. The summed E-state index contributed by atoms with van der Waals surface area (Å²) >= 11 is 2.77. The van der Waals surface area contributed by atoms with Crippen molar-refractivity contribution in [2.45, 2.75) is 19.0 Å². The van der Waals surface area contributed by atoms with Gasteiger partial charge in [-0.1, -0.05) is 17.8 Å². The highest BCUT2D eigenvalue weighted by Gasteiger charge is 2.12. The lowest BCUT2D eigenvalue weighted by molar-refractivity contribution is -0.113. The summed E-state index contributed by atoms with van der Waals surface area (Å²) in [5.74, 6) is 6.99. The van der Waals surface area contributed by atoms with Gasteiger partial charge in [0.1, 0.15) is 5.75 Å². The lowest BCUT2D eigenvalue weighted by atomic mass is 10.3. The van der Waals surface area contributed by atoms with E-state index in [9.17, 15) is 4.79 Å². The molecule has 0 saturated heterocycles. The number of rotatable bonds is 9. The van der Waals surface area contributed by atoms with E-state index >= 15 is 0 Å². The second kappa shape index (κ2) is 9.94. The van der Waals surface area contributed by atoms with Gasteiger partial charge in [-0.05, 0) is 49.6 Å². The largest absolute Gasteiger partial charge is 0.494 e. The van der Waals surface area contributed by atoms with Crippen LogP contribution in [0, 0.1) is 0 Å². The molecule has 0 atom stereocenters. The number of nitrogens with two attached hydrogens (primary N) is 1. The van der Waals surface area contributed by atoms with E-state index in [2.05, 4.69) is 26.0 Å². The number of hydrazone groups is 1. The molecular weight excluding hydrogens is 410 g/mol. The number of nitrogens with one attached hydrogen (secondary N) is 2. The van der Waals surface area contributed by atoms with Gasteiger partial charge >= 0.3 is 0 Å². The van der Waals surface area contributed by atoms with Crippen molar-refractivity contribution in [1.82, 2.24) is 14.9 Å². The van der Waals surface area contributed by atoms with E-state index in [0.29, 0.717) is 17.5 Å². The molecular formula is C18H21N7O2S2. The third kappa shape index (κ3) is 5.72. The van der Waals surface area contributed by atoms with Crippen molar-refractivity contribution >= 4 is 46.4 Å². The Labute approximate surface area is 176 Å². The number of hydrogen-bond acceptors (Lipinski definition) is 9. The highest BCUT2D eigenvalue weighted by molar-refractivity contribution is 7.99. The van der Waals surface area contributed by atoms with E-state index < -0.39 is 0 Å². The quantitative estimate of drug-likeness (QED) is 0.206. The van der Waals surface area contributed by atoms with Gasteiger partial charge in [0.05, 0.1) is 18.1 Å². The first-order valence-electron chi connectivity index (χ1n) is 8.77. The van der Waals surface area contributed by atoms with Crippen molar-refractivity contribution in [3.05, 3.63) is 46.7 Å². The standard InChI is InChI=1S/C18H21N7O2S2/c1-3-27-14-8-6-13(7-9-14)20-16(26)11-29-18-24-23-17(25(18)19)22-21-12(2)15-5-4-10-28-15/h4-10H,3,11,19H2,1-2H3,(H,20,26)(H,22,23)/b21-12+. The molecule has 4 N–H and O–H groups in total. The minimum absolute atomic E-state index is 0.139. The molecule has 0 saturated carbocycles. The van der Waals surface area contributed by atoms with Crippen LogP contribution < -0.4 is 21.3 Å². The van der Waals surface area contributed by atoms with Gasteiger partial charge in [-0.25, -0.2) is 10.1 Å². The van der Waals surface area contributed by atoms with Crippen LogP contribution in [0.4, 0.5) is 11.6 Å².